The van der Waals surface area contributed by atoms with Crippen molar-refractivity contribution in [3.05, 3.63) is 35.9 Å². The summed E-state index contributed by atoms with van der Waals surface area (Å²) in [7, 11) is 0. The summed E-state index contributed by atoms with van der Waals surface area (Å²) in [5.41, 5.74) is 0.367. The molecule has 0 unspecified atom stereocenters. The molecule has 0 saturated carbocycles. The van der Waals surface area contributed by atoms with E-state index in [4.69, 9.17) is 4.74 Å². The number of aromatic nitrogens is 4. The number of nitrogens with one attached hydrogen (secondary N) is 1. The van der Waals surface area contributed by atoms with E-state index in [0.29, 0.717) is 12.2 Å². The van der Waals surface area contributed by atoms with Gasteiger partial charge in [-0.15, -0.1) is 5.10 Å². The third-order valence-electron chi connectivity index (χ3n) is 3.56. The highest BCUT2D eigenvalue weighted by Gasteiger charge is 2.22. The van der Waals surface area contributed by atoms with Gasteiger partial charge in [0.25, 0.3) is 5.95 Å². The number of carbonyl (C=O) groups is 3. The Morgan fingerprint density at radius 2 is 1.90 bits per heavy atom. The van der Waals surface area contributed by atoms with Crippen LogP contribution in [0.5, 0.6) is 0 Å². The van der Waals surface area contributed by atoms with Crippen LogP contribution in [0.3, 0.4) is 0 Å². The van der Waals surface area contributed by atoms with Crippen molar-refractivity contribution in [1.29, 1.82) is 0 Å². The zero-order valence-electron chi connectivity index (χ0n) is 16.9. The molecular weight excluding hydrogens is 394 g/mol. The number of amides is 1. The second-order valence-electron chi connectivity index (χ2n) is 7.41. The van der Waals surface area contributed by atoms with Crippen molar-refractivity contribution in [1.82, 2.24) is 20.2 Å². The van der Waals surface area contributed by atoms with Crippen LogP contribution in [0.1, 0.15) is 33.3 Å². The summed E-state index contributed by atoms with van der Waals surface area (Å²) in [6, 6.07) is 9.54. The highest BCUT2D eigenvalue weighted by Crippen LogP contribution is 2.17. The van der Waals surface area contributed by atoms with Crippen LogP contribution in [0.25, 0.3) is 0 Å². The third kappa shape index (κ3) is 8.43. The van der Waals surface area contributed by atoms with Crippen molar-refractivity contribution >= 4 is 34.7 Å². The van der Waals surface area contributed by atoms with E-state index in [-0.39, 0.29) is 23.5 Å². The largest absolute Gasteiger partial charge is 0.459 e. The van der Waals surface area contributed by atoms with Crippen LogP contribution in [0.2, 0.25) is 0 Å². The highest BCUT2D eigenvalue weighted by molar-refractivity contribution is 8.13. The number of hydrogen-bond acceptors (Lipinski definition) is 8. The molecule has 1 aromatic heterocycles. The Hall–Kier alpha value is -2.75. The number of rotatable bonds is 8. The van der Waals surface area contributed by atoms with Crippen LogP contribution in [0, 0.1) is 5.92 Å². The van der Waals surface area contributed by atoms with Crippen LogP contribution in [-0.4, -0.2) is 48.6 Å². The molecule has 9 nitrogen and oxygen atoms in total. The minimum absolute atomic E-state index is 0.00977. The Balaban J connectivity index is 2.00. The monoisotopic (exact) mass is 419 g/mol. The molecule has 0 aliphatic heterocycles. The number of nitrogens with zero attached hydrogens (tertiary/aromatic N) is 4. The van der Waals surface area contributed by atoms with Gasteiger partial charge in [-0.25, -0.2) is 4.79 Å². The molecule has 10 heteroatoms. The molecule has 1 amide bonds. The summed E-state index contributed by atoms with van der Waals surface area (Å²) < 4.78 is 5.20. The maximum atomic E-state index is 12.7. The summed E-state index contributed by atoms with van der Waals surface area (Å²) in [6.45, 7) is 6.53. The minimum atomic E-state index is -0.617. The zero-order valence-corrected chi connectivity index (χ0v) is 17.7. The maximum Gasteiger partial charge on any atom is 0.330 e. The fraction of sp³-hybridized carbons (Fsp3) is 0.474. The van der Waals surface area contributed by atoms with Crippen LogP contribution in [0.15, 0.2) is 30.3 Å². The van der Waals surface area contributed by atoms with Crippen LogP contribution < -0.4 is 5.32 Å². The van der Waals surface area contributed by atoms with Gasteiger partial charge in [-0.3, -0.25) is 14.9 Å². The molecule has 156 valence electrons. The molecule has 0 saturated heterocycles. The van der Waals surface area contributed by atoms with Crippen molar-refractivity contribution < 1.29 is 19.1 Å². The normalized spacial score (nSPS) is 12.3. The number of esters is 1. The predicted octanol–water partition coefficient (Wildman–Crippen LogP) is 2.09. The van der Waals surface area contributed by atoms with Crippen LogP contribution in [0.4, 0.5) is 5.95 Å². The van der Waals surface area contributed by atoms with Crippen molar-refractivity contribution in [2.75, 3.05) is 11.1 Å². The smallest absolute Gasteiger partial charge is 0.330 e. The molecule has 0 aliphatic carbocycles. The van der Waals surface area contributed by atoms with Gasteiger partial charge >= 0.3 is 5.97 Å². The van der Waals surface area contributed by atoms with Gasteiger partial charge in [0, 0.05) is 12.7 Å². The molecule has 1 atom stereocenters. The van der Waals surface area contributed by atoms with Crippen molar-refractivity contribution in [3.8, 4) is 0 Å². The first-order valence-corrected chi connectivity index (χ1v) is 10.1. The van der Waals surface area contributed by atoms with Gasteiger partial charge in [-0.2, -0.15) is 4.80 Å². The van der Waals surface area contributed by atoms with Gasteiger partial charge in [-0.1, -0.05) is 47.2 Å². The standard InChI is InChI=1S/C19H25N5O4S/c1-13(25)29-12-15(10-14-8-6-5-7-9-14)17(27)20-18-21-23-24(22-18)11-16(26)28-19(2,3)4/h5-9,15H,10-12H2,1-4H3,(H,20,22,27)/t15-/m1/s1. The topological polar surface area (TPSA) is 116 Å². The van der Waals surface area contributed by atoms with E-state index in [2.05, 4.69) is 20.7 Å². The second kappa shape index (κ2) is 10.1. The molecule has 0 radical (unpaired) electrons. The lowest BCUT2D eigenvalue weighted by atomic mass is 10.0. The van der Waals surface area contributed by atoms with Gasteiger partial charge < -0.3 is 4.74 Å². The summed E-state index contributed by atoms with van der Waals surface area (Å²) in [6.07, 6.45) is 0.471. The Bertz CT molecular complexity index is 848. The summed E-state index contributed by atoms with van der Waals surface area (Å²) in [5, 5.41) is 14.1. The number of hydrogen-bond donors (Lipinski definition) is 1. The van der Waals surface area contributed by atoms with E-state index >= 15 is 0 Å². The Kier molecular flexibility index (Phi) is 7.89. The van der Waals surface area contributed by atoms with E-state index < -0.39 is 17.5 Å². The number of tetrazole rings is 1. The van der Waals surface area contributed by atoms with Crippen molar-refractivity contribution in [3.63, 3.8) is 0 Å². The minimum Gasteiger partial charge on any atom is -0.459 e. The SMILES string of the molecule is CC(=O)SC[C@@H](Cc1ccccc1)C(=O)Nc1nnn(CC(=O)OC(C)(C)C)n1. The molecule has 0 bridgehead atoms. The number of carbonyl (C=O) groups excluding carboxylic acids is 3. The molecule has 0 spiro atoms. The number of thioether (sulfide) groups is 1. The van der Waals surface area contributed by atoms with Crippen LogP contribution in [-0.2, 0) is 32.1 Å². The van der Waals surface area contributed by atoms with Crippen LogP contribution >= 0.6 is 11.8 Å². The number of anilines is 1. The average molecular weight is 420 g/mol. The third-order valence-corrected chi connectivity index (χ3v) is 4.54. The molecule has 0 aliphatic rings. The summed E-state index contributed by atoms with van der Waals surface area (Å²) in [5.74, 6) is -0.956. The van der Waals surface area contributed by atoms with Gasteiger partial charge in [-0.05, 0) is 38.0 Å². The molecule has 2 rings (SSSR count). The maximum absolute atomic E-state index is 12.7. The van der Waals surface area contributed by atoms with Gasteiger partial charge in [0.05, 0.1) is 5.92 Å². The molecule has 0 fully saturated rings. The summed E-state index contributed by atoms with van der Waals surface area (Å²) in [4.78, 5) is 36.9. The first-order chi connectivity index (χ1) is 13.6. The predicted molar refractivity (Wildman–Crippen MR) is 109 cm³/mol. The van der Waals surface area contributed by atoms with Gasteiger partial charge in [0.1, 0.15) is 5.60 Å². The molecule has 1 heterocycles. The number of benzene rings is 1. The van der Waals surface area contributed by atoms with E-state index in [0.717, 1.165) is 22.1 Å². The highest BCUT2D eigenvalue weighted by atomic mass is 32.2. The van der Waals surface area contributed by atoms with Gasteiger partial charge in [0.15, 0.2) is 11.7 Å². The lowest BCUT2D eigenvalue weighted by molar-refractivity contribution is -0.156. The molecule has 2 aromatic rings. The molecule has 29 heavy (non-hydrogen) atoms. The lowest BCUT2D eigenvalue weighted by Gasteiger charge is -2.18. The quantitative estimate of drug-likeness (QED) is 0.647. The first kappa shape index (κ1) is 22.5. The van der Waals surface area contributed by atoms with E-state index in [1.807, 2.05) is 30.3 Å². The summed E-state index contributed by atoms with van der Waals surface area (Å²) >= 11 is 1.09. The van der Waals surface area contributed by atoms with Crippen molar-refractivity contribution in [2.45, 2.75) is 46.3 Å². The van der Waals surface area contributed by atoms with E-state index in [1.165, 1.54) is 6.92 Å². The fourth-order valence-corrected chi connectivity index (χ4v) is 3.11. The van der Waals surface area contributed by atoms with Crippen molar-refractivity contribution in [2.24, 2.45) is 5.92 Å². The second-order valence-corrected chi connectivity index (χ2v) is 8.61. The van der Waals surface area contributed by atoms with E-state index in [9.17, 15) is 14.4 Å². The lowest BCUT2D eigenvalue weighted by Crippen LogP contribution is -2.28. The Labute approximate surface area is 173 Å². The zero-order chi connectivity index (χ0) is 21.4. The average Bonchev–Trinajstić information content (AvgIpc) is 3.04. The molecule has 1 aromatic carbocycles. The van der Waals surface area contributed by atoms with Gasteiger partial charge in [0.2, 0.25) is 5.91 Å². The number of ether oxygens (including phenoxy) is 1. The molecular formula is C19H25N5O4S. The molecule has 1 N–H and O–H groups in total. The Morgan fingerprint density at radius 1 is 1.21 bits per heavy atom. The first-order valence-electron chi connectivity index (χ1n) is 9.10. The Morgan fingerprint density at radius 3 is 2.52 bits per heavy atom. The fourth-order valence-electron chi connectivity index (χ4n) is 2.41. The van der Waals surface area contributed by atoms with E-state index in [1.54, 1.807) is 20.8 Å².